The van der Waals surface area contributed by atoms with Gasteiger partial charge in [-0.3, -0.25) is 4.57 Å². The van der Waals surface area contributed by atoms with Gasteiger partial charge in [-0.1, -0.05) is 105 Å². The molecule has 6 aromatic carbocycles. The summed E-state index contributed by atoms with van der Waals surface area (Å²) in [5.74, 6) is 0.675. The molecule has 1 aliphatic rings. The lowest BCUT2D eigenvalue weighted by Gasteiger charge is -2.22. The number of benzene rings is 6. The monoisotopic (exact) mass is 602 g/mol. The number of hydrogen-bond donors (Lipinski definition) is 0. The van der Waals surface area contributed by atoms with Crippen LogP contribution in [0, 0.1) is 0 Å². The summed E-state index contributed by atoms with van der Waals surface area (Å²) in [4.78, 5) is 10.1. The maximum Gasteiger partial charge on any atom is 0.235 e. The third-order valence-corrected chi connectivity index (χ3v) is 10.2. The van der Waals surface area contributed by atoms with E-state index in [1.165, 1.54) is 54.8 Å². The molecule has 0 N–H and O–H groups in total. The molecule has 3 heterocycles. The Labute approximate surface area is 272 Å². The van der Waals surface area contributed by atoms with Gasteiger partial charge in [-0.25, -0.2) is 9.97 Å². The molecule has 0 fully saturated rings. The average molecular weight is 603 g/mol. The van der Waals surface area contributed by atoms with Gasteiger partial charge >= 0.3 is 0 Å². The molecule has 47 heavy (non-hydrogen) atoms. The summed E-state index contributed by atoms with van der Waals surface area (Å²) in [6.07, 6.45) is 1.89. The molecule has 0 bridgehead atoms. The molecule has 10 rings (SSSR count). The van der Waals surface area contributed by atoms with Crippen molar-refractivity contribution < 1.29 is 0 Å². The SMILES string of the molecule is CC1(C)c2ccccc2-c2ccc3c(c21)c1ccccc1n3-c1nccc(-c2ccc3c(c2)c2ccccc2n3-c2ccccc2)n1. The minimum Gasteiger partial charge on any atom is -0.309 e. The molecule has 0 radical (unpaired) electrons. The molecule has 0 amide bonds. The summed E-state index contributed by atoms with van der Waals surface area (Å²) < 4.78 is 4.59. The Balaban J connectivity index is 1.18. The quantitative estimate of drug-likeness (QED) is 0.202. The van der Waals surface area contributed by atoms with Crippen molar-refractivity contribution >= 4 is 43.6 Å². The van der Waals surface area contributed by atoms with Crippen LogP contribution in [0.5, 0.6) is 0 Å². The molecule has 0 unspecified atom stereocenters. The maximum absolute atomic E-state index is 5.25. The molecule has 1 aliphatic carbocycles. The van der Waals surface area contributed by atoms with E-state index in [1.54, 1.807) is 0 Å². The van der Waals surface area contributed by atoms with E-state index in [9.17, 15) is 0 Å². The second-order valence-corrected chi connectivity index (χ2v) is 13.1. The van der Waals surface area contributed by atoms with E-state index >= 15 is 0 Å². The lowest BCUT2D eigenvalue weighted by Crippen LogP contribution is -2.15. The van der Waals surface area contributed by atoms with Gasteiger partial charge in [0.25, 0.3) is 0 Å². The van der Waals surface area contributed by atoms with Crippen molar-refractivity contribution in [3.8, 4) is 34.0 Å². The van der Waals surface area contributed by atoms with Gasteiger partial charge in [0.05, 0.1) is 27.8 Å². The minimum atomic E-state index is -0.128. The number of rotatable bonds is 3. The maximum atomic E-state index is 5.25. The molecule has 0 saturated carbocycles. The Morgan fingerprint density at radius 1 is 0.532 bits per heavy atom. The van der Waals surface area contributed by atoms with Gasteiger partial charge in [0.1, 0.15) is 0 Å². The van der Waals surface area contributed by atoms with E-state index in [0.717, 1.165) is 28.0 Å². The predicted octanol–water partition coefficient (Wildman–Crippen LogP) is 10.6. The molecular weight excluding hydrogens is 573 g/mol. The van der Waals surface area contributed by atoms with E-state index in [-0.39, 0.29) is 5.41 Å². The van der Waals surface area contributed by atoms with Crippen LogP contribution in [0.4, 0.5) is 0 Å². The van der Waals surface area contributed by atoms with E-state index < -0.39 is 0 Å². The minimum absolute atomic E-state index is 0.128. The van der Waals surface area contributed by atoms with Crippen LogP contribution >= 0.6 is 0 Å². The van der Waals surface area contributed by atoms with Gasteiger partial charge < -0.3 is 4.57 Å². The van der Waals surface area contributed by atoms with Crippen molar-refractivity contribution in [1.29, 1.82) is 0 Å². The highest BCUT2D eigenvalue weighted by molar-refractivity contribution is 6.14. The van der Waals surface area contributed by atoms with Crippen molar-refractivity contribution in [2.75, 3.05) is 0 Å². The molecular formula is C43H30N4. The molecule has 9 aromatic rings. The standard InChI is InChI=1S/C43H30N4/c1-43(2)34-17-9-6-14-29(34)31-21-23-39-40(41(31)43)32-16-8-11-19-37(32)47(39)42-44-25-24-35(45-42)27-20-22-38-33(26-27)30-15-7-10-18-36(30)46(38)28-12-4-3-5-13-28/h3-26H,1-2H3. The van der Waals surface area contributed by atoms with Crippen LogP contribution < -0.4 is 0 Å². The van der Waals surface area contributed by atoms with Gasteiger partial charge in [-0.2, -0.15) is 0 Å². The first-order valence-corrected chi connectivity index (χ1v) is 16.2. The molecule has 222 valence electrons. The predicted molar refractivity (Wildman–Crippen MR) is 194 cm³/mol. The Morgan fingerprint density at radius 2 is 1.21 bits per heavy atom. The summed E-state index contributed by atoms with van der Waals surface area (Å²) in [6.45, 7) is 4.70. The fraction of sp³-hybridized carbons (Fsp3) is 0.0698. The summed E-state index contributed by atoms with van der Waals surface area (Å²) in [5, 5.41) is 4.94. The summed E-state index contributed by atoms with van der Waals surface area (Å²) in [7, 11) is 0. The molecule has 0 aliphatic heterocycles. The second kappa shape index (κ2) is 9.51. The van der Waals surface area contributed by atoms with Crippen LogP contribution in [0.3, 0.4) is 0 Å². The van der Waals surface area contributed by atoms with Gasteiger partial charge in [-0.15, -0.1) is 0 Å². The second-order valence-electron chi connectivity index (χ2n) is 13.1. The molecule has 4 heteroatoms. The first-order chi connectivity index (χ1) is 23.1. The van der Waals surface area contributed by atoms with E-state index in [4.69, 9.17) is 9.97 Å². The lowest BCUT2D eigenvalue weighted by molar-refractivity contribution is 0.666. The van der Waals surface area contributed by atoms with E-state index in [1.807, 2.05) is 12.3 Å². The average Bonchev–Trinajstić information content (AvgIpc) is 3.72. The van der Waals surface area contributed by atoms with Crippen LogP contribution in [0.15, 0.2) is 146 Å². The number of aromatic nitrogens is 4. The van der Waals surface area contributed by atoms with Crippen molar-refractivity contribution in [2.45, 2.75) is 19.3 Å². The van der Waals surface area contributed by atoms with E-state index in [2.05, 4.69) is 156 Å². The molecule has 0 atom stereocenters. The fourth-order valence-electron chi connectivity index (χ4n) is 8.15. The normalized spacial score (nSPS) is 13.5. The molecule has 0 spiro atoms. The van der Waals surface area contributed by atoms with Gasteiger partial charge in [0, 0.05) is 44.4 Å². The van der Waals surface area contributed by atoms with Crippen LogP contribution in [0.1, 0.15) is 25.0 Å². The van der Waals surface area contributed by atoms with Crippen LogP contribution in [-0.4, -0.2) is 19.1 Å². The summed E-state index contributed by atoms with van der Waals surface area (Å²) in [5.41, 5.74) is 13.0. The molecule has 0 saturated heterocycles. The number of fused-ring (bicyclic) bond motifs is 10. The highest BCUT2D eigenvalue weighted by atomic mass is 15.2. The van der Waals surface area contributed by atoms with Gasteiger partial charge in [-0.05, 0) is 70.8 Å². The highest BCUT2D eigenvalue weighted by Crippen LogP contribution is 2.53. The Bertz CT molecular complexity index is 2710. The Kier molecular flexibility index (Phi) is 5.31. The third-order valence-electron chi connectivity index (χ3n) is 10.2. The highest BCUT2D eigenvalue weighted by Gasteiger charge is 2.38. The van der Waals surface area contributed by atoms with Crippen LogP contribution in [-0.2, 0) is 5.41 Å². The van der Waals surface area contributed by atoms with Crippen LogP contribution in [0.2, 0.25) is 0 Å². The zero-order valence-electron chi connectivity index (χ0n) is 26.1. The van der Waals surface area contributed by atoms with Crippen molar-refractivity contribution in [1.82, 2.24) is 19.1 Å². The van der Waals surface area contributed by atoms with Crippen molar-refractivity contribution in [3.63, 3.8) is 0 Å². The number of hydrogen-bond acceptors (Lipinski definition) is 2. The number of para-hydroxylation sites is 3. The smallest absolute Gasteiger partial charge is 0.235 e. The fourth-order valence-corrected chi connectivity index (χ4v) is 8.15. The zero-order valence-corrected chi connectivity index (χ0v) is 26.1. The molecule has 3 aromatic heterocycles. The summed E-state index contributed by atoms with van der Waals surface area (Å²) >= 11 is 0. The van der Waals surface area contributed by atoms with E-state index in [0.29, 0.717) is 5.95 Å². The van der Waals surface area contributed by atoms with Gasteiger partial charge in [0.2, 0.25) is 5.95 Å². The number of nitrogens with zero attached hydrogens (tertiary/aromatic N) is 4. The lowest BCUT2D eigenvalue weighted by atomic mass is 9.80. The van der Waals surface area contributed by atoms with Crippen molar-refractivity contribution in [3.05, 3.63) is 157 Å². The zero-order chi connectivity index (χ0) is 31.3. The Hall–Kier alpha value is -6.00. The first-order valence-electron chi connectivity index (χ1n) is 16.2. The van der Waals surface area contributed by atoms with Gasteiger partial charge in [0.15, 0.2) is 0 Å². The molecule has 4 nitrogen and oxygen atoms in total. The topological polar surface area (TPSA) is 35.6 Å². The first kappa shape index (κ1) is 26.2. The van der Waals surface area contributed by atoms with Crippen LogP contribution in [0.25, 0.3) is 77.6 Å². The summed E-state index contributed by atoms with van der Waals surface area (Å²) in [6, 6.07) is 50.0. The largest absolute Gasteiger partial charge is 0.309 e. The third kappa shape index (κ3) is 3.58. The van der Waals surface area contributed by atoms with Crippen molar-refractivity contribution in [2.24, 2.45) is 0 Å². The Morgan fingerprint density at radius 3 is 2.06 bits per heavy atom.